The molecule has 2 aliphatic heterocycles. The minimum absolute atomic E-state index is 0.134. The van der Waals surface area contributed by atoms with Crippen LogP contribution in [0.1, 0.15) is 43.0 Å². The normalized spacial score (nSPS) is 23.9. The lowest BCUT2D eigenvalue weighted by atomic mass is 9.94. The maximum atomic E-state index is 12.7. The molecule has 1 aromatic carbocycles. The highest BCUT2D eigenvalue weighted by molar-refractivity contribution is 5.95. The molecule has 1 atom stereocenters. The Bertz CT molecular complexity index is 537. The number of hydrogen-bond donors (Lipinski definition) is 1. The van der Waals surface area contributed by atoms with E-state index in [1.54, 1.807) is 6.07 Å². The zero-order valence-electron chi connectivity index (χ0n) is 14.2. The van der Waals surface area contributed by atoms with Crippen molar-refractivity contribution < 1.29 is 4.79 Å². The van der Waals surface area contributed by atoms with Crippen molar-refractivity contribution in [2.45, 2.75) is 32.6 Å². The molecule has 2 aliphatic rings. The van der Waals surface area contributed by atoms with Crippen LogP contribution in [-0.2, 0) is 0 Å². The Morgan fingerprint density at radius 2 is 2.00 bits per heavy atom. The molecule has 23 heavy (non-hydrogen) atoms. The highest BCUT2D eigenvalue weighted by Gasteiger charge is 2.27. The summed E-state index contributed by atoms with van der Waals surface area (Å²) in [6.45, 7) is 7.71. The van der Waals surface area contributed by atoms with Gasteiger partial charge >= 0.3 is 0 Å². The number of benzene rings is 1. The quantitative estimate of drug-likeness (QED) is 0.873. The predicted octanol–water partition coefficient (Wildman–Crippen LogP) is 2.85. The van der Waals surface area contributed by atoms with Gasteiger partial charge in [0.15, 0.2) is 0 Å². The summed E-state index contributed by atoms with van der Waals surface area (Å²) in [5, 5.41) is 0. The van der Waals surface area contributed by atoms with Gasteiger partial charge in [-0.2, -0.15) is 0 Å². The van der Waals surface area contributed by atoms with E-state index in [1.807, 2.05) is 23.1 Å². The van der Waals surface area contributed by atoms with Crippen LogP contribution >= 0.6 is 0 Å². The number of rotatable bonds is 3. The molecule has 0 saturated carbocycles. The number of nitrogens with zero attached hydrogens (tertiary/aromatic N) is 2. The van der Waals surface area contributed by atoms with Crippen molar-refractivity contribution in [3.05, 3.63) is 29.8 Å². The van der Waals surface area contributed by atoms with E-state index in [0.29, 0.717) is 11.6 Å². The molecule has 2 heterocycles. The zero-order valence-corrected chi connectivity index (χ0v) is 14.2. The van der Waals surface area contributed by atoms with Crippen LogP contribution in [0.2, 0.25) is 0 Å². The average Bonchev–Trinajstić information content (AvgIpc) is 2.56. The summed E-state index contributed by atoms with van der Waals surface area (Å²) in [5.41, 5.74) is 7.19. The molecule has 126 valence electrons. The molecule has 3 rings (SSSR count). The Kier molecular flexibility index (Phi) is 5.21. The molecule has 4 nitrogen and oxygen atoms in total. The average molecular weight is 315 g/mol. The van der Waals surface area contributed by atoms with Crippen LogP contribution in [0.15, 0.2) is 24.3 Å². The number of nitrogen functional groups attached to an aromatic ring is 1. The second-order valence-corrected chi connectivity index (χ2v) is 7.37. The molecule has 0 spiro atoms. The lowest BCUT2D eigenvalue weighted by molar-refractivity contribution is 0.0622. The van der Waals surface area contributed by atoms with E-state index in [4.69, 9.17) is 5.73 Å². The molecular formula is C19H29N3O. The molecule has 0 aliphatic carbocycles. The van der Waals surface area contributed by atoms with Crippen molar-refractivity contribution >= 4 is 11.6 Å². The van der Waals surface area contributed by atoms with Gasteiger partial charge in [-0.15, -0.1) is 0 Å². The van der Waals surface area contributed by atoms with Gasteiger partial charge in [0, 0.05) is 30.9 Å². The van der Waals surface area contributed by atoms with Crippen LogP contribution < -0.4 is 5.73 Å². The summed E-state index contributed by atoms with van der Waals surface area (Å²) in [4.78, 5) is 17.3. The van der Waals surface area contributed by atoms with Crippen molar-refractivity contribution in [3.63, 3.8) is 0 Å². The fourth-order valence-electron chi connectivity index (χ4n) is 3.86. The Morgan fingerprint density at radius 1 is 1.22 bits per heavy atom. The SMILES string of the molecule is CC1CCN(CC2CCCN(C(=O)c3cccc(N)c3)C2)CC1. The maximum absolute atomic E-state index is 12.7. The number of piperidine rings is 2. The van der Waals surface area contributed by atoms with E-state index < -0.39 is 0 Å². The predicted molar refractivity (Wildman–Crippen MR) is 94.3 cm³/mol. The Balaban J connectivity index is 1.56. The Morgan fingerprint density at radius 3 is 2.74 bits per heavy atom. The van der Waals surface area contributed by atoms with Crippen molar-refractivity contribution in [1.82, 2.24) is 9.80 Å². The third kappa shape index (κ3) is 4.25. The maximum Gasteiger partial charge on any atom is 0.253 e. The molecule has 4 heteroatoms. The highest BCUT2D eigenvalue weighted by atomic mass is 16.2. The van der Waals surface area contributed by atoms with E-state index in [2.05, 4.69) is 11.8 Å². The van der Waals surface area contributed by atoms with Crippen LogP contribution in [0.5, 0.6) is 0 Å². The fourth-order valence-corrected chi connectivity index (χ4v) is 3.86. The van der Waals surface area contributed by atoms with Gasteiger partial charge in [0.1, 0.15) is 0 Å². The second-order valence-electron chi connectivity index (χ2n) is 7.37. The van der Waals surface area contributed by atoms with Crippen LogP contribution in [0, 0.1) is 11.8 Å². The molecule has 1 unspecified atom stereocenters. The molecule has 0 aromatic heterocycles. The van der Waals surface area contributed by atoms with Crippen molar-refractivity contribution in [2.75, 3.05) is 38.5 Å². The topological polar surface area (TPSA) is 49.6 Å². The van der Waals surface area contributed by atoms with Gasteiger partial charge in [0.25, 0.3) is 5.91 Å². The summed E-state index contributed by atoms with van der Waals surface area (Å²) >= 11 is 0. The van der Waals surface area contributed by atoms with E-state index in [1.165, 1.54) is 32.4 Å². The molecular weight excluding hydrogens is 286 g/mol. The number of amides is 1. The molecule has 2 N–H and O–H groups in total. The number of carbonyl (C=O) groups excluding carboxylic acids is 1. The van der Waals surface area contributed by atoms with Crippen LogP contribution in [-0.4, -0.2) is 48.4 Å². The summed E-state index contributed by atoms with van der Waals surface area (Å²) in [5.74, 6) is 1.62. The van der Waals surface area contributed by atoms with Crippen molar-refractivity contribution in [2.24, 2.45) is 11.8 Å². The molecule has 1 aromatic rings. The summed E-state index contributed by atoms with van der Waals surface area (Å²) in [6, 6.07) is 7.35. The summed E-state index contributed by atoms with van der Waals surface area (Å²) in [6.07, 6.45) is 4.99. The van der Waals surface area contributed by atoms with Gasteiger partial charge in [0.05, 0.1) is 0 Å². The third-order valence-electron chi connectivity index (χ3n) is 5.33. The lowest BCUT2D eigenvalue weighted by Crippen LogP contribution is -2.45. The first-order valence-electron chi connectivity index (χ1n) is 8.99. The number of carbonyl (C=O) groups is 1. The number of likely N-dealkylation sites (tertiary alicyclic amines) is 2. The molecule has 0 radical (unpaired) electrons. The first-order chi connectivity index (χ1) is 11.1. The van der Waals surface area contributed by atoms with E-state index in [0.717, 1.165) is 37.5 Å². The van der Waals surface area contributed by atoms with Gasteiger partial charge in [-0.05, 0) is 68.8 Å². The third-order valence-corrected chi connectivity index (χ3v) is 5.33. The van der Waals surface area contributed by atoms with E-state index in [-0.39, 0.29) is 5.91 Å². The number of hydrogen-bond acceptors (Lipinski definition) is 3. The van der Waals surface area contributed by atoms with Crippen molar-refractivity contribution in [3.8, 4) is 0 Å². The van der Waals surface area contributed by atoms with Gasteiger partial charge < -0.3 is 15.5 Å². The summed E-state index contributed by atoms with van der Waals surface area (Å²) in [7, 11) is 0. The van der Waals surface area contributed by atoms with Crippen LogP contribution in [0.3, 0.4) is 0 Å². The number of nitrogens with two attached hydrogens (primary N) is 1. The molecule has 2 saturated heterocycles. The molecule has 2 fully saturated rings. The Hall–Kier alpha value is -1.55. The monoisotopic (exact) mass is 315 g/mol. The first kappa shape index (κ1) is 16.3. The fraction of sp³-hybridized carbons (Fsp3) is 0.632. The van der Waals surface area contributed by atoms with Gasteiger partial charge in [0.2, 0.25) is 0 Å². The first-order valence-corrected chi connectivity index (χ1v) is 8.99. The standard InChI is InChI=1S/C19H29N3O/c1-15-7-10-21(11-8-15)13-16-4-3-9-22(14-16)19(23)17-5-2-6-18(20)12-17/h2,5-6,12,15-16H,3-4,7-11,13-14,20H2,1H3. The zero-order chi connectivity index (χ0) is 16.2. The van der Waals surface area contributed by atoms with Crippen LogP contribution in [0.25, 0.3) is 0 Å². The smallest absolute Gasteiger partial charge is 0.253 e. The van der Waals surface area contributed by atoms with E-state index in [9.17, 15) is 4.79 Å². The van der Waals surface area contributed by atoms with Crippen LogP contribution in [0.4, 0.5) is 5.69 Å². The molecule has 0 bridgehead atoms. The van der Waals surface area contributed by atoms with Gasteiger partial charge in [-0.3, -0.25) is 4.79 Å². The summed E-state index contributed by atoms with van der Waals surface area (Å²) < 4.78 is 0. The highest BCUT2D eigenvalue weighted by Crippen LogP contribution is 2.23. The molecule has 1 amide bonds. The van der Waals surface area contributed by atoms with Gasteiger partial charge in [-0.25, -0.2) is 0 Å². The van der Waals surface area contributed by atoms with Gasteiger partial charge in [-0.1, -0.05) is 13.0 Å². The number of anilines is 1. The second kappa shape index (κ2) is 7.35. The minimum Gasteiger partial charge on any atom is -0.399 e. The Labute approximate surface area is 139 Å². The lowest BCUT2D eigenvalue weighted by Gasteiger charge is -2.38. The van der Waals surface area contributed by atoms with Crippen molar-refractivity contribution in [1.29, 1.82) is 0 Å². The largest absolute Gasteiger partial charge is 0.399 e. The van der Waals surface area contributed by atoms with E-state index >= 15 is 0 Å². The minimum atomic E-state index is 0.134.